The maximum absolute atomic E-state index is 8.68. The summed E-state index contributed by atoms with van der Waals surface area (Å²) in [5.41, 5.74) is 3.82. The van der Waals surface area contributed by atoms with Crippen LogP contribution in [0.15, 0.2) is 12.1 Å². The van der Waals surface area contributed by atoms with Gasteiger partial charge in [-0.15, -0.1) is 0 Å². The summed E-state index contributed by atoms with van der Waals surface area (Å²) < 4.78 is 5.27. The van der Waals surface area contributed by atoms with Crippen molar-refractivity contribution in [3.05, 3.63) is 28.8 Å². The van der Waals surface area contributed by atoms with E-state index >= 15 is 0 Å². The first-order chi connectivity index (χ1) is 6.85. The van der Waals surface area contributed by atoms with Gasteiger partial charge >= 0.3 is 0 Å². The second-order valence-corrected chi connectivity index (χ2v) is 3.62. The molecule has 2 rings (SSSR count). The normalized spacial score (nSPS) is 13.4. The molecule has 0 unspecified atom stereocenters. The molecule has 2 heteroatoms. The molecule has 0 aliphatic heterocycles. The van der Waals surface area contributed by atoms with E-state index in [0.717, 1.165) is 24.2 Å². The molecule has 1 aliphatic carbocycles. The van der Waals surface area contributed by atoms with E-state index < -0.39 is 0 Å². The van der Waals surface area contributed by atoms with Crippen molar-refractivity contribution < 1.29 is 4.74 Å². The highest BCUT2D eigenvalue weighted by molar-refractivity contribution is 5.45. The fraction of sp³-hybridized carbons (Fsp3) is 0.417. The zero-order valence-electron chi connectivity index (χ0n) is 8.34. The van der Waals surface area contributed by atoms with E-state index in [1.807, 2.05) is 0 Å². The van der Waals surface area contributed by atoms with Crippen LogP contribution in [-0.2, 0) is 19.3 Å². The number of nitriles is 1. The quantitative estimate of drug-likeness (QED) is 0.711. The molecule has 0 saturated carbocycles. The fourth-order valence-corrected chi connectivity index (χ4v) is 2.07. The van der Waals surface area contributed by atoms with E-state index in [9.17, 15) is 0 Å². The van der Waals surface area contributed by atoms with Crippen molar-refractivity contribution in [2.45, 2.75) is 25.7 Å². The van der Waals surface area contributed by atoms with Crippen molar-refractivity contribution in [3.63, 3.8) is 0 Å². The molecule has 0 N–H and O–H groups in total. The summed E-state index contributed by atoms with van der Waals surface area (Å²) in [6.45, 7) is 0. The molecule has 1 aromatic carbocycles. The molecule has 0 amide bonds. The van der Waals surface area contributed by atoms with Crippen molar-refractivity contribution in [1.29, 1.82) is 5.26 Å². The van der Waals surface area contributed by atoms with Gasteiger partial charge in [-0.2, -0.15) is 5.26 Å². The van der Waals surface area contributed by atoms with E-state index in [4.69, 9.17) is 10.00 Å². The zero-order chi connectivity index (χ0) is 9.97. The van der Waals surface area contributed by atoms with Crippen molar-refractivity contribution >= 4 is 0 Å². The first-order valence-corrected chi connectivity index (χ1v) is 4.90. The van der Waals surface area contributed by atoms with Crippen molar-refractivity contribution in [2.75, 3.05) is 7.11 Å². The maximum Gasteiger partial charge on any atom is 0.123 e. The Balaban J connectivity index is 2.44. The molecule has 0 spiro atoms. The molecule has 0 fully saturated rings. The Hall–Kier alpha value is -1.49. The van der Waals surface area contributed by atoms with Crippen LogP contribution in [0.1, 0.15) is 23.1 Å². The third kappa shape index (κ3) is 1.46. The number of hydrogen-bond donors (Lipinski definition) is 0. The molecular weight excluding hydrogens is 174 g/mol. The van der Waals surface area contributed by atoms with Crippen molar-refractivity contribution in [2.24, 2.45) is 0 Å². The third-order valence-corrected chi connectivity index (χ3v) is 2.76. The first-order valence-electron chi connectivity index (χ1n) is 4.90. The van der Waals surface area contributed by atoms with E-state index in [1.54, 1.807) is 7.11 Å². The highest BCUT2D eigenvalue weighted by Gasteiger charge is 2.14. The summed E-state index contributed by atoms with van der Waals surface area (Å²) in [6, 6.07) is 6.39. The summed E-state index contributed by atoms with van der Waals surface area (Å²) in [4.78, 5) is 0. The highest BCUT2D eigenvalue weighted by atomic mass is 16.5. The maximum atomic E-state index is 8.68. The molecule has 1 aromatic rings. The summed E-state index contributed by atoms with van der Waals surface area (Å²) in [5.74, 6) is 0.868. The smallest absolute Gasteiger partial charge is 0.123 e. The molecule has 0 atom stereocenters. The lowest BCUT2D eigenvalue weighted by Crippen LogP contribution is -1.94. The van der Waals surface area contributed by atoms with E-state index in [-0.39, 0.29) is 0 Å². The largest absolute Gasteiger partial charge is 0.496 e. The number of fused-ring (bicyclic) bond motifs is 1. The molecule has 14 heavy (non-hydrogen) atoms. The number of aryl methyl sites for hydroxylation is 2. The number of methoxy groups -OCH3 is 1. The Morgan fingerprint density at radius 2 is 2.07 bits per heavy atom. The first kappa shape index (κ1) is 9.08. The highest BCUT2D eigenvalue weighted by Crippen LogP contribution is 2.29. The second kappa shape index (κ2) is 3.71. The van der Waals surface area contributed by atoms with E-state index in [2.05, 4.69) is 18.2 Å². The molecular formula is C12H13NO. The molecule has 0 aromatic heterocycles. The Morgan fingerprint density at radius 1 is 1.36 bits per heavy atom. The Kier molecular flexibility index (Phi) is 2.41. The molecule has 72 valence electrons. The van der Waals surface area contributed by atoms with Crippen molar-refractivity contribution in [1.82, 2.24) is 0 Å². The average molecular weight is 187 g/mol. The zero-order valence-corrected chi connectivity index (χ0v) is 8.34. The van der Waals surface area contributed by atoms with Crippen LogP contribution >= 0.6 is 0 Å². The van der Waals surface area contributed by atoms with Crippen LogP contribution in [0.5, 0.6) is 5.75 Å². The monoisotopic (exact) mass is 187 g/mol. The van der Waals surface area contributed by atoms with Crippen LogP contribution in [0, 0.1) is 11.3 Å². The van der Waals surface area contributed by atoms with Crippen LogP contribution in [0.25, 0.3) is 0 Å². The summed E-state index contributed by atoms with van der Waals surface area (Å²) in [7, 11) is 1.66. The van der Waals surface area contributed by atoms with Crippen LogP contribution in [-0.4, -0.2) is 7.11 Å². The fourth-order valence-electron chi connectivity index (χ4n) is 2.07. The molecule has 0 saturated heterocycles. The summed E-state index contributed by atoms with van der Waals surface area (Å²) in [6.07, 6.45) is 3.97. The van der Waals surface area contributed by atoms with E-state index in [0.29, 0.717) is 6.42 Å². The van der Waals surface area contributed by atoms with Crippen LogP contribution in [0.3, 0.4) is 0 Å². The lowest BCUT2D eigenvalue weighted by atomic mass is 10.0. The molecule has 0 radical (unpaired) electrons. The van der Waals surface area contributed by atoms with Crippen LogP contribution in [0.4, 0.5) is 0 Å². The van der Waals surface area contributed by atoms with Gasteiger partial charge in [0.2, 0.25) is 0 Å². The molecule has 0 bridgehead atoms. The van der Waals surface area contributed by atoms with Gasteiger partial charge in [-0.25, -0.2) is 0 Å². The van der Waals surface area contributed by atoms with Crippen molar-refractivity contribution in [3.8, 4) is 11.8 Å². The second-order valence-electron chi connectivity index (χ2n) is 3.62. The van der Waals surface area contributed by atoms with Gasteiger partial charge in [0.05, 0.1) is 19.6 Å². The SMILES string of the molecule is COc1cc2c(cc1CC#N)CCC2. The van der Waals surface area contributed by atoms with Gasteiger partial charge in [0.15, 0.2) is 0 Å². The van der Waals surface area contributed by atoms with Crippen LogP contribution in [0.2, 0.25) is 0 Å². The molecule has 0 heterocycles. The minimum atomic E-state index is 0.441. The van der Waals surface area contributed by atoms with Gasteiger partial charge in [0.25, 0.3) is 0 Å². The van der Waals surface area contributed by atoms with Gasteiger partial charge < -0.3 is 4.74 Å². The lowest BCUT2D eigenvalue weighted by molar-refractivity contribution is 0.410. The Labute approximate surface area is 84.1 Å². The van der Waals surface area contributed by atoms with Gasteiger partial charge in [0, 0.05) is 5.56 Å². The summed E-state index contributed by atoms with van der Waals surface area (Å²) >= 11 is 0. The topological polar surface area (TPSA) is 33.0 Å². The van der Waals surface area contributed by atoms with Gasteiger partial charge in [-0.1, -0.05) is 6.07 Å². The summed E-state index contributed by atoms with van der Waals surface area (Å²) in [5, 5.41) is 8.68. The van der Waals surface area contributed by atoms with Gasteiger partial charge in [-0.05, 0) is 36.5 Å². The minimum Gasteiger partial charge on any atom is -0.496 e. The van der Waals surface area contributed by atoms with Crippen LogP contribution < -0.4 is 4.74 Å². The molecule has 1 aliphatic rings. The standard InChI is InChI=1S/C12H13NO/c1-14-12-8-10-4-2-3-9(10)7-11(12)5-6-13/h7-8H,2-5H2,1H3. The molecule has 2 nitrogen and oxygen atoms in total. The minimum absolute atomic E-state index is 0.441. The number of benzene rings is 1. The average Bonchev–Trinajstić information content (AvgIpc) is 2.64. The van der Waals surface area contributed by atoms with Gasteiger partial charge in [0.1, 0.15) is 5.75 Å². The predicted molar refractivity (Wildman–Crippen MR) is 54.3 cm³/mol. The third-order valence-electron chi connectivity index (χ3n) is 2.76. The Bertz CT molecular complexity index is 390. The Morgan fingerprint density at radius 3 is 2.71 bits per heavy atom. The van der Waals surface area contributed by atoms with E-state index in [1.165, 1.54) is 17.5 Å². The number of ether oxygens (including phenoxy) is 1. The number of rotatable bonds is 2. The van der Waals surface area contributed by atoms with Gasteiger partial charge in [-0.3, -0.25) is 0 Å². The lowest BCUT2D eigenvalue weighted by Gasteiger charge is -2.08. The predicted octanol–water partition coefficient (Wildman–Crippen LogP) is 2.25. The number of hydrogen-bond acceptors (Lipinski definition) is 2. The number of nitrogens with zero attached hydrogens (tertiary/aromatic N) is 1.